The molecule has 2 aromatic carbocycles. The Morgan fingerprint density at radius 1 is 1.10 bits per heavy atom. The minimum Gasteiger partial charge on any atom is -0.325 e. The van der Waals surface area contributed by atoms with Gasteiger partial charge < -0.3 is 5.32 Å². The van der Waals surface area contributed by atoms with Gasteiger partial charge in [0.2, 0.25) is 5.91 Å². The lowest BCUT2D eigenvalue weighted by molar-refractivity contribution is -0.119. The van der Waals surface area contributed by atoms with Crippen molar-refractivity contribution < 1.29 is 9.59 Å². The summed E-state index contributed by atoms with van der Waals surface area (Å²) in [4.78, 5) is 31.1. The second kappa shape index (κ2) is 8.07. The molecule has 1 unspecified atom stereocenters. The molecular weight excluding hydrogens is 428 g/mol. The number of aryl methyl sites for hydroxylation is 1. The van der Waals surface area contributed by atoms with Crippen molar-refractivity contribution in [1.29, 1.82) is 0 Å². The number of hydrogen-bond acceptors (Lipinski definition) is 3. The van der Waals surface area contributed by atoms with Crippen LogP contribution in [0, 0.1) is 12.8 Å². The summed E-state index contributed by atoms with van der Waals surface area (Å²) in [5.41, 5.74) is 5.07. The molecule has 2 aromatic rings. The van der Waals surface area contributed by atoms with Gasteiger partial charge in [-0.2, -0.15) is 0 Å². The first-order valence-corrected chi connectivity index (χ1v) is 10.7. The fourth-order valence-corrected chi connectivity index (χ4v) is 4.75. The van der Waals surface area contributed by atoms with E-state index in [-0.39, 0.29) is 17.6 Å². The summed E-state index contributed by atoms with van der Waals surface area (Å²) in [6, 6.07) is 15.6. The first kappa shape index (κ1) is 19.8. The standard InChI is InChI=1S/C24H23BrN2O2/c1-14-7-3-4-10-18(14)27-24(29)21-15(2)26-19-11-6-12-20(28)23(19)22(21)16-8-5-9-17(25)13-16/h3-5,7-10,13,21-22H,6,11-12H2,1-2H3,(H,27,29)/t21?,22-/m1/s1. The van der Waals surface area contributed by atoms with Crippen LogP contribution < -0.4 is 5.32 Å². The number of para-hydroxylation sites is 1. The summed E-state index contributed by atoms with van der Waals surface area (Å²) in [5.74, 6) is -0.863. The maximum absolute atomic E-state index is 13.4. The SMILES string of the molecule is CC1=NC2=C(C(=O)CCC2)[C@H](c2cccc(Br)c2)C1C(=O)Nc1ccccc1C. The Kier molecular flexibility index (Phi) is 5.50. The highest BCUT2D eigenvalue weighted by atomic mass is 79.9. The lowest BCUT2D eigenvalue weighted by Crippen LogP contribution is -2.39. The van der Waals surface area contributed by atoms with E-state index in [1.54, 1.807) is 0 Å². The Balaban J connectivity index is 1.79. The molecule has 1 N–H and O–H groups in total. The van der Waals surface area contributed by atoms with Gasteiger partial charge in [0.15, 0.2) is 5.78 Å². The predicted molar refractivity (Wildman–Crippen MR) is 119 cm³/mol. The molecule has 0 fully saturated rings. The third-order valence-electron chi connectivity index (χ3n) is 5.73. The van der Waals surface area contributed by atoms with Crippen molar-refractivity contribution in [2.75, 3.05) is 5.32 Å². The van der Waals surface area contributed by atoms with Gasteiger partial charge in [0, 0.05) is 39.5 Å². The first-order valence-electron chi connectivity index (χ1n) is 9.89. The van der Waals surface area contributed by atoms with Crippen LogP contribution in [0.4, 0.5) is 5.69 Å². The van der Waals surface area contributed by atoms with Gasteiger partial charge in [-0.25, -0.2) is 0 Å². The van der Waals surface area contributed by atoms with Crippen molar-refractivity contribution in [2.45, 2.75) is 39.0 Å². The molecule has 2 atom stereocenters. The van der Waals surface area contributed by atoms with Gasteiger partial charge in [-0.15, -0.1) is 0 Å². The summed E-state index contributed by atoms with van der Waals surface area (Å²) in [7, 11) is 0. The Labute approximate surface area is 179 Å². The minimum absolute atomic E-state index is 0.112. The van der Waals surface area contributed by atoms with Crippen molar-refractivity contribution in [3.05, 3.63) is 75.4 Å². The monoisotopic (exact) mass is 450 g/mol. The van der Waals surface area contributed by atoms with Crippen molar-refractivity contribution in [3.8, 4) is 0 Å². The maximum Gasteiger partial charge on any atom is 0.234 e. The predicted octanol–water partition coefficient (Wildman–Crippen LogP) is 5.58. The number of allylic oxidation sites excluding steroid dienone is 2. The van der Waals surface area contributed by atoms with Crippen LogP contribution in [0.25, 0.3) is 0 Å². The van der Waals surface area contributed by atoms with Gasteiger partial charge in [0.1, 0.15) is 0 Å². The molecule has 1 amide bonds. The second-order valence-electron chi connectivity index (χ2n) is 7.70. The van der Waals surface area contributed by atoms with E-state index < -0.39 is 5.92 Å². The Morgan fingerprint density at radius 2 is 1.90 bits per heavy atom. The molecule has 0 saturated carbocycles. The number of carbonyl (C=O) groups is 2. The minimum atomic E-state index is -0.523. The number of carbonyl (C=O) groups excluding carboxylic acids is 2. The lowest BCUT2D eigenvalue weighted by atomic mass is 9.71. The summed E-state index contributed by atoms with van der Waals surface area (Å²) >= 11 is 3.54. The molecule has 0 radical (unpaired) electrons. The largest absolute Gasteiger partial charge is 0.325 e. The molecule has 1 aliphatic carbocycles. The number of halogens is 1. The molecule has 4 nitrogen and oxygen atoms in total. The quantitative estimate of drug-likeness (QED) is 0.663. The zero-order valence-electron chi connectivity index (χ0n) is 16.5. The van der Waals surface area contributed by atoms with Crippen LogP contribution in [0.15, 0.2) is 69.3 Å². The van der Waals surface area contributed by atoms with Crippen LogP contribution >= 0.6 is 15.9 Å². The average molecular weight is 451 g/mol. The number of amides is 1. The van der Waals surface area contributed by atoms with Crippen molar-refractivity contribution in [2.24, 2.45) is 10.9 Å². The second-order valence-corrected chi connectivity index (χ2v) is 8.62. The van der Waals surface area contributed by atoms with E-state index in [1.165, 1.54) is 0 Å². The van der Waals surface area contributed by atoms with Crippen LogP contribution in [-0.2, 0) is 9.59 Å². The van der Waals surface area contributed by atoms with Gasteiger partial charge in [-0.1, -0.05) is 46.3 Å². The van der Waals surface area contributed by atoms with Gasteiger partial charge in [0.05, 0.1) is 5.92 Å². The number of Topliss-reactive ketones (excluding diaryl/α,β-unsaturated/α-hetero) is 1. The van der Waals surface area contributed by atoms with E-state index in [9.17, 15) is 9.59 Å². The third kappa shape index (κ3) is 3.84. The number of benzene rings is 2. The summed E-state index contributed by atoms with van der Waals surface area (Å²) in [5, 5.41) is 3.07. The van der Waals surface area contributed by atoms with Crippen LogP contribution in [0.5, 0.6) is 0 Å². The van der Waals surface area contributed by atoms with Crippen LogP contribution in [0.3, 0.4) is 0 Å². The number of rotatable bonds is 3. The number of nitrogens with zero attached hydrogens (tertiary/aromatic N) is 1. The van der Waals surface area contributed by atoms with E-state index in [0.717, 1.165) is 45.5 Å². The van der Waals surface area contributed by atoms with Crippen LogP contribution in [-0.4, -0.2) is 17.4 Å². The number of nitrogens with one attached hydrogen (secondary N) is 1. The molecule has 0 spiro atoms. The van der Waals surface area contributed by atoms with Gasteiger partial charge in [-0.05, 0) is 56.0 Å². The van der Waals surface area contributed by atoms with Crippen LogP contribution in [0.1, 0.15) is 43.2 Å². The number of ketones is 1. The Bertz CT molecular complexity index is 1050. The zero-order valence-corrected chi connectivity index (χ0v) is 18.1. The summed E-state index contributed by atoms with van der Waals surface area (Å²) in [6.07, 6.45) is 2.12. The molecule has 0 saturated heterocycles. The van der Waals surface area contributed by atoms with E-state index in [0.29, 0.717) is 12.0 Å². The Morgan fingerprint density at radius 3 is 2.66 bits per heavy atom. The molecule has 2 aliphatic rings. The zero-order chi connectivity index (χ0) is 20.5. The molecular formula is C24H23BrN2O2. The van der Waals surface area contributed by atoms with Crippen molar-refractivity contribution >= 4 is 39.0 Å². The molecule has 0 bridgehead atoms. The number of aliphatic imine (C=N–C) groups is 1. The van der Waals surface area contributed by atoms with E-state index >= 15 is 0 Å². The van der Waals surface area contributed by atoms with Crippen molar-refractivity contribution in [1.82, 2.24) is 0 Å². The maximum atomic E-state index is 13.4. The van der Waals surface area contributed by atoms with Gasteiger partial charge in [0.25, 0.3) is 0 Å². The molecule has 5 heteroatoms. The number of anilines is 1. The molecule has 29 heavy (non-hydrogen) atoms. The molecule has 1 aliphatic heterocycles. The fourth-order valence-electron chi connectivity index (χ4n) is 4.33. The highest BCUT2D eigenvalue weighted by Gasteiger charge is 2.42. The fraction of sp³-hybridized carbons (Fsp3) is 0.292. The third-order valence-corrected chi connectivity index (χ3v) is 6.22. The summed E-state index contributed by atoms with van der Waals surface area (Å²) < 4.78 is 0.929. The highest BCUT2D eigenvalue weighted by Crippen LogP contribution is 2.44. The molecule has 4 rings (SSSR count). The smallest absolute Gasteiger partial charge is 0.234 e. The molecule has 0 aromatic heterocycles. The van der Waals surface area contributed by atoms with Gasteiger partial charge >= 0.3 is 0 Å². The normalized spacial score (nSPS) is 21.5. The van der Waals surface area contributed by atoms with E-state index in [1.807, 2.05) is 62.4 Å². The van der Waals surface area contributed by atoms with Gasteiger partial charge in [-0.3, -0.25) is 14.6 Å². The molecule has 148 valence electrons. The first-order chi connectivity index (χ1) is 14.0. The topological polar surface area (TPSA) is 58.5 Å². The average Bonchev–Trinajstić information content (AvgIpc) is 2.69. The molecule has 1 heterocycles. The van der Waals surface area contributed by atoms with Crippen LogP contribution in [0.2, 0.25) is 0 Å². The highest BCUT2D eigenvalue weighted by molar-refractivity contribution is 9.10. The number of hydrogen-bond donors (Lipinski definition) is 1. The Hall–Kier alpha value is -2.53. The van der Waals surface area contributed by atoms with E-state index in [2.05, 4.69) is 21.2 Å². The lowest BCUT2D eigenvalue weighted by Gasteiger charge is -2.35. The van der Waals surface area contributed by atoms with Crippen molar-refractivity contribution in [3.63, 3.8) is 0 Å². The summed E-state index contributed by atoms with van der Waals surface area (Å²) in [6.45, 7) is 3.87. The van der Waals surface area contributed by atoms with E-state index in [4.69, 9.17) is 4.99 Å².